The molecule has 5 nitrogen and oxygen atoms in total. The van der Waals surface area contributed by atoms with Gasteiger partial charge in [0.1, 0.15) is 16.5 Å². The average Bonchev–Trinajstić information content (AvgIpc) is 3.51. The summed E-state index contributed by atoms with van der Waals surface area (Å²) in [7, 11) is 1.59. The van der Waals surface area contributed by atoms with E-state index in [4.69, 9.17) is 21.1 Å². The number of methoxy groups -OCH3 is 1. The first-order chi connectivity index (χ1) is 12.7. The number of ether oxygens (including phenoxy) is 2. The molecule has 0 radical (unpaired) electrons. The summed E-state index contributed by atoms with van der Waals surface area (Å²) in [6.45, 7) is 0. The van der Waals surface area contributed by atoms with Crippen LogP contribution in [0.15, 0.2) is 59.5 Å². The van der Waals surface area contributed by atoms with Crippen LogP contribution in [-0.2, 0) is 0 Å². The Bertz CT molecular complexity index is 977. The van der Waals surface area contributed by atoms with Crippen LogP contribution in [-0.4, -0.2) is 16.9 Å². The van der Waals surface area contributed by atoms with Crippen molar-refractivity contribution in [2.45, 2.75) is 18.8 Å². The number of halogens is 1. The van der Waals surface area contributed by atoms with Gasteiger partial charge >= 0.3 is 5.56 Å². The SMILES string of the molecule is COc1ccc(Oc2c(Cl)cnn(-c3ccc(C4CC4)cc3)c2=O)cc1. The minimum atomic E-state index is -0.410. The maximum absolute atomic E-state index is 12.8. The van der Waals surface area contributed by atoms with Crippen molar-refractivity contribution in [2.24, 2.45) is 0 Å². The molecular weight excluding hydrogens is 352 g/mol. The molecule has 0 unspecified atom stereocenters. The van der Waals surface area contributed by atoms with E-state index < -0.39 is 5.56 Å². The van der Waals surface area contributed by atoms with E-state index in [0.29, 0.717) is 23.1 Å². The van der Waals surface area contributed by atoms with Crippen LogP contribution in [0.4, 0.5) is 0 Å². The zero-order valence-electron chi connectivity index (χ0n) is 14.2. The Morgan fingerprint density at radius 1 is 1.04 bits per heavy atom. The second-order valence-electron chi connectivity index (χ2n) is 6.18. The van der Waals surface area contributed by atoms with Crippen LogP contribution in [0.1, 0.15) is 24.3 Å². The molecule has 1 saturated carbocycles. The highest BCUT2D eigenvalue weighted by atomic mass is 35.5. The van der Waals surface area contributed by atoms with E-state index in [9.17, 15) is 4.79 Å². The summed E-state index contributed by atoms with van der Waals surface area (Å²) in [4.78, 5) is 12.8. The first kappa shape index (κ1) is 16.7. The molecule has 4 rings (SSSR count). The van der Waals surface area contributed by atoms with Gasteiger partial charge in [0.05, 0.1) is 19.0 Å². The standard InChI is InChI=1S/C20H17ClN2O3/c1-25-16-8-10-17(11-9-16)26-19-18(21)12-22-23(20(19)24)15-6-4-14(5-7-15)13-2-3-13/h4-13H,2-3H2,1H3. The highest BCUT2D eigenvalue weighted by Gasteiger charge is 2.23. The molecule has 0 amide bonds. The van der Waals surface area contributed by atoms with Crippen LogP contribution < -0.4 is 15.0 Å². The average molecular weight is 369 g/mol. The lowest BCUT2D eigenvalue weighted by atomic mass is 10.1. The third-order valence-corrected chi connectivity index (χ3v) is 4.63. The van der Waals surface area contributed by atoms with Gasteiger partial charge in [-0.25, -0.2) is 0 Å². The highest BCUT2D eigenvalue weighted by Crippen LogP contribution is 2.40. The topological polar surface area (TPSA) is 53.4 Å². The van der Waals surface area contributed by atoms with Gasteiger partial charge in [-0.05, 0) is 60.7 Å². The van der Waals surface area contributed by atoms with E-state index in [-0.39, 0.29) is 10.8 Å². The van der Waals surface area contributed by atoms with Gasteiger partial charge in [-0.1, -0.05) is 23.7 Å². The van der Waals surface area contributed by atoms with E-state index in [2.05, 4.69) is 5.10 Å². The molecule has 1 fully saturated rings. The summed E-state index contributed by atoms with van der Waals surface area (Å²) < 4.78 is 12.1. The second kappa shape index (κ2) is 6.84. The van der Waals surface area contributed by atoms with Crippen molar-refractivity contribution in [3.8, 4) is 22.9 Å². The highest BCUT2D eigenvalue weighted by molar-refractivity contribution is 6.31. The first-order valence-electron chi connectivity index (χ1n) is 8.36. The van der Waals surface area contributed by atoms with E-state index in [0.717, 1.165) is 0 Å². The summed E-state index contributed by atoms with van der Waals surface area (Å²) in [5, 5.41) is 4.30. The number of aromatic nitrogens is 2. The van der Waals surface area contributed by atoms with Crippen molar-refractivity contribution in [3.05, 3.63) is 75.7 Å². The van der Waals surface area contributed by atoms with Gasteiger partial charge in [0.15, 0.2) is 0 Å². The molecule has 6 heteroatoms. The first-order valence-corrected chi connectivity index (χ1v) is 8.73. The minimum Gasteiger partial charge on any atom is -0.497 e. The van der Waals surface area contributed by atoms with Gasteiger partial charge in [0, 0.05) is 0 Å². The molecule has 132 valence electrons. The lowest BCUT2D eigenvalue weighted by Gasteiger charge is -2.11. The molecule has 26 heavy (non-hydrogen) atoms. The maximum atomic E-state index is 12.8. The Morgan fingerprint density at radius 3 is 2.31 bits per heavy atom. The smallest absolute Gasteiger partial charge is 0.316 e. The number of hydrogen-bond acceptors (Lipinski definition) is 4. The van der Waals surface area contributed by atoms with Crippen LogP contribution in [0.2, 0.25) is 5.02 Å². The fraction of sp³-hybridized carbons (Fsp3) is 0.200. The summed E-state index contributed by atoms with van der Waals surface area (Å²) in [6, 6.07) is 14.8. The normalized spacial score (nSPS) is 13.5. The zero-order valence-corrected chi connectivity index (χ0v) is 14.9. The molecule has 0 N–H and O–H groups in total. The van der Waals surface area contributed by atoms with Crippen LogP contribution >= 0.6 is 11.6 Å². The summed E-state index contributed by atoms with van der Waals surface area (Å²) in [5.74, 6) is 1.89. The van der Waals surface area contributed by atoms with Gasteiger partial charge in [-0.2, -0.15) is 9.78 Å². The largest absolute Gasteiger partial charge is 0.497 e. The van der Waals surface area contributed by atoms with Crippen molar-refractivity contribution in [1.29, 1.82) is 0 Å². The molecule has 2 aromatic carbocycles. The van der Waals surface area contributed by atoms with Crippen molar-refractivity contribution >= 4 is 11.6 Å². The van der Waals surface area contributed by atoms with Gasteiger partial charge in [-0.3, -0.25) is 4.79 Å². The van der Waals surface area contributed by atoms with E-state index >= 15 is 0 Å². The summed E-state index contributed by atoms with van der Waals surface area (Å²) in [5.41, 5.74) is 1.56. The van der Waals surface area contributed by atoms with E-state index in [1.54, 1.807) is 31.4 Å². The van der Waals surface area contributed by atoms with Gasteiger partial charge in [0.2, 0.25) is 5.75 Å². The molecule has 1 aromatic heterocycles. The van der Waals surface area contributed by atoms with E-state index in [1.807, 2.05) is 24.3 Å². The van der Waals surface area contributed by atoms with Crippen LogP contribution in [0.5, 0.6) is 17.2 Å². The second-order valence-corrected chi connectivity index (χ2v) is 6.59. The Kier molecular flexibility index (Phi) is 4.39. The van der Waals surface area contributed by atoms with Gasteiger partial charge in [0.25, 0.3) is 0 Å². The van der Waals surface area contributed by atoms with E-state index in [1.165, 1.54) is 29.3 Å². The quantitative estimate of drug-likeness (QED) is 0.662. The molecule has 1 heterocycles. The Morgan fingerprint density at radius 2 is 1.69 bits per heavy atom. The lowest BCUT2D eigenvalue weighted by Crippen LogP contribution is -2.22. The summed E-state index contributed by atoms with van der Waals surface area (Å²) >= 11 is 6.15. The van der Waals surface area contributed by atoms with Gasteiger partial charge in [-0.15, -0.1) is 0 Å². The van der Waals surface area contributed by atoms with Gasteiger partial charge < -0.3 is 9.47 Å². The Labute approximate surface area is 155 Å². The molecule has 1 aliphatic carbocycles. The molecule has 0 atom stereocenters. The molecule has 3 aromatic rings. The number of benzene rings is 2. The third kappa shape index (κ3) is 3.30. The maximum Gasteiger partial charge on any atom is 0.316 e. The fourth-order valence-corrected chi connectivity index (χ4v) is 2.92. The Hall–Kier alpha value is -2.79. The predicted octanol–water partition coefficient (Wildman–Crippen LogP) is 4.56. The zero-order chi connectivity index (χ0) is 18.1. The minimum absolute atomic E-state index is 0.0399. The monoisotopic (exact) mass is 368 g/mol. The number of hydrogen-bond donors (Lipinski definition) is 0. The van der Waals surface area contributed by atoms with Crippen molar-refractivity contribution < 1.29 is 9.47 Å². The Balaban J connectivity index is 1.66. The number of rotatable bonds is 5. The number of nitrogens with zero attached hydrogens (tertiary/aromatic N) is 2. The fourth-order valence-electron chi connectivity index (χ4n) is 2.76. The van der Waals surface area contributed by atoms with Crippen LogP contribution in [0.3, 0.4) is 0 Å². The van der Waals surface area contributed by atoms with Crippen molar-refractivity contribution in [1.82, 2.24) is 9.78 Å². The molecule has 0 aliphatic heterocycles. The lowest BCUT2D eigenvalue weighted by molar-refractivity contribution is 0.412. The predicted molar refractivity (Wildman–Crippen MR) is 99.9 cm³/mol. The molecule has 1 aliphatic rings. The summed E-state index contributed by atoms with van der Waals surface area (Å²) in [6.07, 6.45) is 3.88. The third-order valence-electron chi connectivity index (χ3n) is 4.36. The molecular formula is C20H17ClN2O3. The van der Waals surface area contributed by atoms with Crippen LogP contribution in [0, 0.1) is 0 Å². The molecule has 0 spiro atoms. The molecule has 0 saturated heterocycles. The van der Waals surface area contributed by atoms with Crippen molar-refractivity contribution in [2.75, 3.05) is 7.11 Å². The molecule has 0 bridgehead atoms. The van der Waals surface area contributed by atoms with Crippen molar-refractivity contribution in [3.63, 3.8) is 0 Å². The van der Waals surface area contributed by atoms with Crippen LogP contribution in [0.25, 0.3) is 5.69 Å².